The number of nitrogens with one attached hydrogen (secondary N) is 2. The van der Waals surface area contributed by atoms with E-state index < -0.39 is 0 Å². The highest BCUT2D eigenvalue weighted by Crippen LogP contribution is 2.25. The molecule has 174 valence electrons. The van der Waals surface area contributed by atoms with Crippen LogP contribution >= 0.6 is 0 Å². The fourth-order valence-corrected chi connectivity index (χ4v) is 3.75. The van der Waals surface area contributed by atoms with Gasteiger partial charge in [0.15, 0.2) is 5.69 Å². The Morgan fingerprint density at radius 2 is 1.79 bits per heavy atom. The molecule has 0 radical (unpaired) electrons. The number of hydrogen-bond donors (Lipinski definition) is 2. The average molecular weight is 458 g/mol. The van der Waals surface area contributed by atoms with E-state index >= 15 is 0 Å². The largest absolute Gasteiger partial charge is 0.351 e. The third-order valence-corrected chi connectivity index (χ3v) is 5.40. The van der Waals surface area contributed by atoms with Crippen molar-refractivity contribution in [2.75, 3.05) is 32.5 Å². The van der Waals surface area contributed by atoms with Crippen LogP contribution < -0.4 is 10.6 Å². The lowest BCUT2D eigenvalue weighted by atomic mass is 9.99. The van der Waals surface area contributed by atoms with Crippen molar-refractivity contribution in [2.45, 2.75) is 13.0 Å². The zero-order chi connectivity index (χ0) is 23.9. The molecule has 2 aromatic heterocycles. The zero-order valence-corrected chi connectivity index (χ0v) is 19.2. The number of hydrogen-bond acceptors (Lipinski definition) is 6. The lowest BCUT2D eigenvalue weighted by molar-refractivity contribution is 0.0948. The second kappa shape index (κ2) is 10.7. The molecule has 4 rings (SSSR count). The zero-order valence-electron chi connectivity index (χ0n) is 19.2. The number of aromatic nitrogens is 4. The molecule has 34 heavy (non-hydrogen) atoms. The Balaban J connectivity index is 1.54. The third kappa shape index (κ3) is 5.44. The van der Waals surface area contributed by atoms with E-state index in [-0.39, 0.29) is 17.5 Å². The van der Waals surface area contributed by atoms with Crippen LogP contribution in [-0.2, 0) is 6.54 Å². The molecule has 0 aliphatic heterocycles. The number of rotatable bonds is 9. The number of fused-ring (bicyclic) bond motifs is 1. The minimum atomic E-state index is -0.317. The molecule has 0 unspecified atom stereocenters. The number of benzene rings is 2. The maximum absolute atomic E-state index is 13.3. The molecule has 2 aromatic carbocycles. The summed E-state index contributed by atoms with van der Waals surface area (Å²) < 4.78 is 1.74. The highest BCUT2D eigenvalue weighted by molar-refractivity contribution is 6.15. The average Bonchev–Trinajstić information content (AvgIpc) is 3.35. The van der Waals surface area contributed by atoms with Crippen LogP contribution in [0.15, 0.2) is 67.1 Å². The molecular formula is C25H27N7O2. The van der Waals surface area contributed by atoms with Gasteiger partial charge in [0.1, 0.15) is 0 Å². The van der Waals surface area contributed by atoms with Gasteiger partial charge in [0, 0.05) is 24.5 Å². The molecule has 4 aromatic rings. The molecule has 0 aliphatic carbocycles. The van der Waals surface area contributed by atoms with Crippen LogP contribution in [0, 0.1) is 0 Å². The number of amides is 2. The third-order valence-electron chi connectivity index (χ3n) is 5.40. The molecular weight excluding hydrogens is 430 g/mol. The maximum Gasteiger partial charge on any atom is 0.272 e. The summed E-state index contributed by atoms with van der Waals surface area (Å²) >= 11 is 0. The highest BCUT2D eigenvalue weighted by atomic mass is 16.2. The first-order valence-corrected chi connectivity index (χ1v) is 11.1. The first-order valence-electron chi connectivity index (χ1n) is 11.1. The monoisotopic (exact) mass is 457 g/mol. The number of pyridine rings is 1. The summed E-state index contributed by atoms with van der Waals surface area (Å²) in [5.41, 5.74) is 2.09. The number of carbonyl (C=O) groups is 2. The summed E-state index contributed by atoms with van der Waals surface area (Å²) in [5, 5.41) is 15.4. The normalized spacial score (nSPS) is 11.0. The van der Waals surface area contributed by atoms with Crippen LogP contribution in [0.3, 0.4) is 0 Å². The van der Waals surface area contributed by atoms with Gasteiger partial charge in [-0.1, -0.05) is 35.5 Å². The van der Waals surface area contributed by atoms with Gasteiger partial charge in [-0.2, -0.15) is 0 Å². The van der Waals surface area contributed by atoms with Gasteiger partial charge in [-0.25, -0.2) is 9.67 Å². The Morgan fingerprint density at radius 1 is 0.971 bits per heavy atom. The molecule has 0 saturated carbocycles. The SMILES string of the molecule is CN(C)CCCNC(=O)c1ncccc1NC(=O)c1ccc(Cn2ccnn2)c2ccccc12. The van der Waals surface area contributed by atoms with Crippen LogP contribution in [-0.4, -0.2) is 63.9 Å². The quantitative estimate of drug-likeness (QED) is 0.375. The van der Waals surface area contributed by atoms with Crippen LogP contribution in [0.5, 0.6) is 0 Å². The van der Waals surface area contributed by atoms with E-state index in [1.54, 1.807) is 41.5 Å². The van der Waals surface area contributed by atoms with Crippen molar-refractivity contribution in [3.05, 3.63) is 83.9 Å². The van der Waals surface area contributed by atoms with Gasteiger partial charge in [-0.05, 0) is 61.6 Å². The van der Waals surface area contributed by atoms with Gasteiger partial charge in [0.05, 0.1) is 18.4 Å². The highest BCUT2D eigenvalue weighted by Gasteiger charge is 2.17. The van der Waals surface area contributed by atoms with Crippen LogP contribution in [0.25, 0.3) is 10.8 Å². The Morgan fingerprint density at radius 3 is 2.56 bits per heavy atom. The minimum absolute atomic E-state index is 0.188. The minimum Gasteiger partial charge on any atom is -0.351 e. The maximum atomic E-state index is 13.3. The van der Waals surface area contributed by atoms with E-state index in [2.05, 4.69) is 30.8 Å². The van der Waals surface area contributed by atoms with Crippen LogP contribution in [0.4, 0.5) is 5.69 Å². The molecule has 2 heterocycles. The molecule has 9 heteroatoms. The second-order valence-electron chi connectivity index (χ2n) is 8.18. The lowest BCUT2D eigenvalue weighted by Gasteiger charge is -2.14. The number of nitrogens with zero attached hydrogens (tertiary/aromatic N) is 5. The van der Waals surface area contributed by atoms with E-state index in [1.807, 2.05) is 44.4 Å². The summed E-state index contributed by atoms with van der Waals surface area (Å²) in [7, 11) is 3.97. The summed E-state index contributed by atoms with van der Waals surface area (Å²) in [6, 6.07) is 14.8. The standard InChI is InChI=1S/C25H27N7O2/c1-31(2)15-6-13-27-25(34)23-22(9-5-12-26-23)29-24(33)21-11-10-18(17-32-16-14-28-30-32)19-7-3-4-8-20(19)21/h3-5,7-12,14,16H,6,13,15,17H2,1-2H3,(H,27,34)(H,29,33). The number of carbonyl (C=O) groups excluding carboxylic acids is 2. The van der Waals surface area contributed by atoms with E-state index in [9.17, 15) is 9.59 Å². The molecule has 0 aliphatic rings. The Labute approximate surface area is 197 Å². The van der Waals surface area contributed by atoms with E-state index in [1.165, 1.54) is 0 Å². The van der Waals surface area contributed by atoms with Crippen molar-refractivity contribution >= 4 is 28.3 Å². The Hall–Kier alpha value is -4.11. The fourth-order valence-electron chi connectivity index (χ4n) is 3.75. The molecule has 2 N–H and O–H groups in total. The topological polar surface area (TPSA) is 105 Å². The van der Waals surface area contributed by atoms with Gasteiger partial charge < -0.3 is 15.5 Å². The van der Waals surface area contributed by atoms with Crippen molar-refractivity contribution < 1.29 is 9.59 Å². The van der Waals surface area contributed by atoms with Gasteiger partial charge in [-0.15, -0.1) is 5.10 Å². The summed E-state index contributed by atoms with van der Waals surface area (Å²) in [5.74, 6) is -0.624. The van der Waals surface area contributed by atoms with Gasteiger partial charge in [0.25, 0.3) is 11.8 Å². The molecule has 9 nitrogen and oxygen atoms in total. The first kappa shape index (κ1) is 23.1. The van der Waals surface area contributed by atoms with Crippen LogP contribution in [0.2, 0.25) is 0 Å². The molecule has 0 saturated heterocycles. The summed E-state index contributed by atoms with van der Waals surface area (Å²) in [4.78, 5) is 32.2. The summed E-state index contributed by atoms with van der Waals surface area (Å²) in [6.45, 7) is 1.94. The lowest BCUT2D eigenvalue weighted by Crippen LogP contribution is -2.29. The van der Waals surface area contributed by atoms with Crippen molar-refractivity contribution in [1.82, 2.24) is 30.2 Å². The van der Waals surface area contributed by atoms with Crippen molar-refractivity contribution in [3.63, 3.8) is 0 Å². The van der Waals surface area contributed by atoms with Gasteiger partial charge >= 0.3 is 0 Å². The molecule has 0 spiro atoms. The first-order chi connectivity index (χ1) is 16.5. The van der Waals surface area contributed by atoms with E-state index in [0.717, 1.165) is 29.3 Å². The van der Waals surface area contributed by atoms with E-state index in [4.69, 9.17) is 0 Å². The predicted octanol–water partition coefficient (Wildman–Crippen LogP) is 2.81. The summed E-state index contributed by atoms with van der Waals surface area (Å²) in [6.07, 6.45) is 5.79. The van der Waals surface area contributed by atoms with Crippen molar-refractivity contribution in [1.29, 1.82) is 0 Å². The Kier molecular flexibility index (Phi) is 7.24. The van der Waals surface area contributed by atoms with Crippen molar-refractivity contribution in [3.8, 4) is 0 Å². The van der Waals surface area contributed by atoms with E-state index in [0.29, 0.717) is 24.3 Å². The smallest absolute Gasteiger partial charge is 0.272 e. The molecule has 0 atom stereocenters. The van der Waals surface area contributed by atoms with Gasteiger partial charge in [-0.3, -0.25) is 9.59 Å². The molecule has 2 amide bonds. The second-order valence-corrected chi connectivity index (χ2v) is 8.18. The van der Waals surface area contributed by atoms with Crippen molar-refractivity contribution in [2.24, 2.45) is 0 Å². The predicted molar refractivity (Wildman–Crippen MR) is 131 cm³/mol. The van der Waals surface area contributed by atoms with Crippen LogP contribution in [0.1, 0.15) is 32.8 Å². The molecule has 0 bridgehead atoms. The molecule has 0 fully saturated rings. The Bertz CT molecular complexity index is 1290. The number of anilines is 1. The fraction of sp³-hybridized carbons (Fsp3) is 0.240. The van der Waals surface area contributed by atoms with Gasteiger partial charge in [0.2, 0.25) is 0 Å².